The minimum absolute atomic E-state index is 0.0351. The Kier molecular flexibility index (Phi) is 7.18. The van der Waals surface area contributed by atoms with Gasteiger partial charge in [0.25, 0.3) is 5.91 Å². The number of carbonyl (C=O) groups excluding carboxylic acids is 1. The average Bonchev–Trinajstić information content (AvgIpc) is 3.80. The van der Waals surface area contributed by atoms with E-state index in [0.29, 0.717) is 30.6 Å². The van der Waals surface area contributed by atoms with Gasteiger partial charge in [-0.15, -0.1) is 0 Å². The van der Waals surface area contributed by atoms with Crippen LogP contribution in [0.25, 0.3) is 0 Å². The minimum atomic E-state index is -4.65. The van der Waals surface area contributed by atoms with Gasteiger partial charge in [-0.25, -0.2) is 8.78 Å². The van der Waals surface area contributed by atoms with Crippen LogP contribution < -0.4 is 0 Å². The van der Waals surface area contributed by atoms with E-state index in [9.17, 15) is 26.7 Å². The van der Waals surface area contributed by atoms with Crippen molar-refractivity contribution in [1.29, 1.82) is 0 Å². The molecular formula is C31H35F5N2O2. The molecule has 1 aliphatic carbocycles. The number of nitrogens with zero attached hydrogens (tertiary/aromatic N) is 2. The Bertz CT molecular complexity index is 1280. The lowest BCUT2D eigenvalue weighted by Crippen LogP contribution is -2.58. The topological polar surface area (TPSA) is 32.8 Å². The summed E-state index contributed by atoms with van der Waals surface area (Å²) >= 11 is 0. The lowest BCUT2D eigenvalue weighted by molar-refractivity contribution is -0.177. The summed E-state index contributed by atoms with van der Waals surface area (Å²) in [6, 6.07) is 7.13. The third kappa shape index (κ3) is 5.15. The van der Waals surface area contributed by atoms with Crippen molar-refractivity contribution in [1.82, 2.24) is 9.80 Å². The molecule has 2 atom stereocenters. The Morgan fingerprint density at radius 3 is 2.35 bits per heavy atom. The van der Waals surface area contributed by atoms with Gasteiger partial charge in [-0.3, -0.25) is 9.69 Å². The van der Waals surface area contributed by atoms with Crippen LogP contribution >= 0.6 is 0 Å². The minimum Gasteiger partial charge on any atom is -0.363 e. The second-order valence-corrected chi connectivity index (χ2v) is 12.1. The zero-order valence-corrected chi connectivity index (χ0v) is 22.7. The number of halogens is 5. The zero-order chi connectivity index (χ0) is 28.2. The predicted octanol–water partition coefficient (Wildman–Crippen LogP) is 6.38. The molecule has 2 aromatic rings. The van der Waals surface area contributed by atoms with Gasteiger partial charge in [0.15, 0.2) is 0 Å². The van der Waals surface area contributed by atoms with E-state index >= 15 is 0 Å². The first kappa shape index (κ1) is 27.6. The van der Waals surface area contributed by atoms with E-state index in [1.807, 2.05) is 12.1 Å². The summed E-state index contributed by atoms with van der Waals surface area (Å²) in [7, 11) is 0. The second-order valence-electron chi connectivity index (χ2n) is 12.1. The number of hydrogen-bond acceptors (Lipinski definition) is 3. The van der Waals surface area contributed by atoms with Crippen LogP contribution in [0.4, 0.5) is 22.0 Å². The Morgan fingerprint density at radius 1 is 0.975 bits per heavy atom. The molecule has 3 fully saturated rings. The molecule has 6 rings (SSSR count). The first-order valence-electron chi connectivity index (χ1n) is 14.4. The summed E-state index contributed by atoms with van der Waals surface area (Å²) in [6.45, 7) is 4.30. The van der Waals surface area contributed by atoms with Crippen molar-refractivity contribution in [3.63, 3.8) is 0 Å². The van der Waals surface area contributed by atoms with Crippen molar-refractivity contribution in [2.45, 2.75) is 82.2 Å². The van der Waals surface area contributed by atoms with Crippen LogP contribution in [-0.2, 0) is 28.7 Å². The fourth-order valence-electron chi connectivity index (χ4n) is 7.05. The van der Waals surface area contributed by atoms with Gasteiger partial charge >= 0.3 is 6.18 Å². The Hall–Kier alpha value is -2.52. The van der Waals surface area contributed by atoms with E-state index in [0.717, 1.165) is 51.3 Å². The van der Waals surface area contributed by atoms with Crippen LogP contribution in [0.1, 0.15) is 72.3 Å². The summed E-state index contributed by atoms with van der Waals surface area (Å²) in [4.78, 5) is 17.9. The van der Waals surface area contributed by atoms with Crippen molar-refractivity contribution in [2.24, 2.45) is 5.92 Å². The van der Waals surface area contributed by atoms with Crippen LogP contribution in [0.3, 0.4) is 0 Å². The van der Waals surface area contributed by atoms with Crippen molar-refractivity contribution in [3.8, 4) is 0 Å². The second kappa shape index (κ2) is 10.4. The Balaban J connectivity index is 1.10. The Labute approximate surface area is 231 Å². The predicted molar refractivity (Wildman–Crippen MR) is 140 cm³/mol. The average molecular weight is 563 g/mol. The highest BCUT2D eigenvalue weighted by atomic mass is 19.4. The van der Waals surface area contributed by atoms with E-state index in [4.69, 9.17) is 4.74 Å². The molecule has 1 saturated carbocycles. The molecule has 4 nitrogen and oxygen atoms in total. The van der Waals surface area contributed by atoms with Gasteiger partial charge in [0.05, 0.1) is 12.2 Å². The molecule has 0 spiro atoms. The van der Waals surface area contributed by atoms with E-state index in [1.54, 1.807) is 17.9 Å². The highest BCUT2D eigenvalue weighted by Gasteiger charge is 2.56. The summed E-state index contributed by atoms with van der Waals surface area (Å²) in [5, 5.41) is 0. The van der Waals surface area contributed by atoms with Gasteiger partial charge in [-0.2, -0.15) is 13.2 Å². The summed E-state index contributed by atoms with van der Waals surface area (Å²) in [5.41, 5.74) is 0.377. The quantitative estimate of drug-likeness (QED) is 0.406. The summed E-state index contributed by atoms with van der Waals surface area (Å²) in [6.07, 6.45) is 0.711. The molecule has 2 aromatic carbocycles. The number of benzene rings is 2. The molecule has 1 amide bonds. The maximum atomic E-state index is 14.5. The van der Waals surface area contributed by atoms with E-state index < -0.39 is 23.2 Å². The third-order valence-corrected chi connectivity index (χ3v) is 9.58. The van der Waals surface area contributed by atoms with Crippen LogP contribution in [0, 0.1) is 24.5 Å². The molecule has 9 heteroatoms. The molecular weight excluding hydrogens is 527 g/mol. The van der Waals surface area contributed by atoms with Gasteiger partial charge in [0.2, 0.25) is 0 Å². The molecule has 0 aromatic heterocycles. The van der Waals surface area contributed by atoms with E-state index in [2.05, 4.69) is 4.90 Å². The number of rotatable bonds is 4. The van der Waals surface area contributed by atoms with Gasteiger partial charge in [-0.05, 0) is 117 Å². The molecule has 40 heavy (non-hydrogen) atoms. The number of amides is 1. The monoisotopic (exact) mass is 562 g/mol. The molecule has 3 heterocycles. The number of fused-ring (bicyclic) bond motifs is 1. The van der Waals surface area contributed by atoms with Crippen LogP contribution in [-0.4, -0.2) is 53.6 Å². The fourth-order valence-corrected chi connectivity index (χ4v) is 7.05. The lowest BCUT2D eigenvalue weighted by Gasteiger charge is -2.46. The largest absolute Gasteiger partial charge is 0.416 e. The third-order valence-electron chi connectivity index (χ3n) is 9.58. The van der Waals surface area contributed by atoms with Crippen molar-refractivity contribution in [3.05, 3.63) is 69.8 Å². The maximum Gasteiger partial charge on any atom is 0.416 e. The van der Waals surface area contributed by atoms with E-state index in [1.165, 1.54) is 5.56 Å². The number of piperidine rings is 1. The molecule has 2 unspecified atom stereocenters. The Morgan fingerprint density at radius 2 is 1.73 bits per heavy atom. The van der Waals surface area contributed by atoms with Crippen LogP contribution in [0.2, 0.25) is 0 Å². The SMILES string of the molecule is Cc1cc(C2CCN(C3CCC(C(=O)N4CCc5c(F)cc(C(F)(F)F)cc5C4)(C4CC4)OC3)CC2)ccc1F. The standard InChI is InChI=1S/C31H35F5N2O2/c1-19-14-21(2-5-27(19)32)20-7-11-37(12-8-20)25-6-10-30(40-18-25,23-3-4-23)29(39)38-13-9-26-22(17-38)15-24(16-28(26)33)31(34,35)36/h2,5,14-16,20,23,25H,3-4,6-13,17-18H2,1H3. The van der Waals surface area contributed by atoms with Crippen molar-refractivity contribution in [2.75, 3.05) is 26.2 Å². The number of likely N-dealkylation sites (tertiary alicyclic amines) is 1. The maximum absolute atomic E-state index is 14.5. The van der Waals surface area contributed by atoms with Crippen molar-refractivity contribution < 1.29 is 31.5 Å². The van der Waals surface area contributed by atoms with Gasteiger partial charge < -0.3 is 9.64 Å². The number of alkyl halides is 3. The first-order valence-corrected chi connectivity index (χ1v) is 14.4. The molecule has 216 valence electrons. The van der Waals surface area contributed by atoms with Gasteiger partial charge in [0.1, 0.15) is 17.2 Å². The molecule has 4 aliphatic rings. The first-order chi connectivity index (χ1) is 19.0. The molecule has 0 N–H and O–H groups in total. The van der Waals surface area contributed by atoms with Gasteiger partial charge in [0, 0.05) is 19.1 Å². The molecule has 0 bridgehead atoms. The molecule has 3 aliphatic heterocycles. The van der Waals surface area contributed by atoms with Crippen LogP contribution in [0.5, 0.6) is 0 Å². The van der Waals surface area contributed by atoms with Crippen molar-refractivity contribution >= 4 is 5.91 Å². The zero-order valence-electron chi connectivity index (χ0n) is 22.7. The summed E-state index contributed by atoms with van der Waals surface area (Å²) in [5.74, 6) is -0.683. The molecule has 2 saturated heterocycles. The normalized spacial score (nSPS) is 26.6. The summed E-state index contributed by atoms with van der Waals surface area (Å²) < 4.78 is 74.6. The van der Waals surface area contributed by atoms with Crippen LogP contribution in [0.15, 0.2) is 30.3 Å². The van der Waals surface area contributed by atoms with Gasteiger partial charge in [-0.1, -0.05) is 12.1 Å². The number of hydrogen-bond donors (Lipinski definition) is 0. The smallest absolute Gasteiger partial charge is 0.363 e. The number of aryl methyl sites for hydroxylation is 1. The number of carbonyl (C=O) groups is 1. The lowest BCUT2D eigenvalue weighted by atomic mass is 9.83. The number of ether oxygens (including phenoxy) is 1. The highest BCUT2D eigenvalue weighted by Crippen LogP contribution is 2.49. The molecule has 0 radical (unpaired) electrons. The fraction of sp³-hybridized carbons (Fsp3) is 0.581. The highest BCUT2D eigenvalue weighted by molar-refractivity contribution is 5.86. The van der Waals surface area contributed by atoms with E-state index in [-0.39, 0.29) is 54.3 Å².